The van der Waals surface area contributed by atoms with Crippen LogP contribution in [0.5, 0.6) is 0 Å². The molecule has 0 aliphatic heterocycles. The highest BCUT2D eigenvalue weighted by Crippen LogP contribution is 2.29. The molecule has 0 aliphatic carbocycles. The summed E-state index contributed by atoms with van der Waals surface area (Å²) >= 11 is 5.83. The zero-order valence-electron chi connectivity index (χ0n) is 10.1. The summed E-state index contributed by atoms with van der Waals surface area (Å²) in [4.78, 5) is 11.0. The van der Waals surface area contributed by atoms with E-state index in [2.05, 4.69) is 27.7 Å². The molecule has 1 aromatic rings. The number of nitrogens with zero attached hydrogens (tertiary/aromatic N) is 1. The Morgan fingerprint density at radius 3 is 2.56 bits per heavy atom. The maximum atomic E-state index is 11.0. The highest BCUT2D eigenvalue weighted by atomic mass is 35.5. The van der Waals surface area contributed by atoms with Gasteiger partial charge in [0.2, 0.25) is 0 Å². The minimum absolute atomic E-state index is 0.0343. The van der Waals surface area contributed by atoms with Crippen LogP contribution in [0.4, 0.5) is 0 Å². The van der Waals surface area contributed by atoms with Gasteiger partial charge in [-0.05, 0) is 17.4 Å². The van der Waals surface area contributed by atoms with Crippen molar-refractivity contribution in [3.05, 3.63) is 23.0 Å². The van der Waals surface area contributed by atoms with E-state index < -0.39 is 5.97 Å². The van der Waals surface area contributed by atoms with Crippen molar-refractivity contribution in [3.8, 4) is 0 Å². The molecule has 4 heteroatoms. The fraction of sp³-hybridized carbons (Fsp3) is 0.583. The van der Waals surface area contributed by atoms with E-state index in [0.717, 1.165) is 0 Å². The lowest BCUT2D eigenvalue weighted by atomic mass is 9.81. The van der Waals surface area contributed by atoms with Crippen molar-refractivity contribution in [2.45, 2.75) is 34.2 Å². The third-order valence-electron chi connectivity index (χ3n) is 3.22. The number of aromatic carboxylic acids is 1. The Kier molecular flexibility index (Phi) is 3.68. The molecule has 1 aromatic heterocycles. The predicted octanol–water partition coefficient (Wildman–Crippen LogP) is 3.52. The van der Waals surface area contributed by atoms with Crippen molar-refractivity contribution in [2.75, 3.05) is 0 Å². The summed E-state index contributed by atoms with van der Waals surface area (Å²) in [6.07, 6.45) is 1.68. The average molecular weight is 244 g/mol. The first kappa shape index (κ1) is 13.1. The molecule has 0 radical (unpaired) electrons. The van der Waals surface area contributed by atoms with Gasteiger partial charge in [-0.3, -0.25) is 0 Å². The lowest BCUT2D eigenvalue weighted by Gasteiger charge is -2.30. The van der Waals surface area contributed by atoms with Gasteiger partial charge in [0.15, 0.2) is 0 Å². The maximum Gasteiger partial charge on any atom is 0.352 e. The SMILES string of the molecule is CC(C)C(C)(C)Cn1cc(Cl)cc1C(=O)O. The van der Waals surface area contributed by atoms with E-state index in [1.54, 1.807) is 10.8 Å². The lowest BCUT2D eigenvalue weighted by molar-refractivity contribution is 0.0680. The number of hydrogen-bond acceptors (Lipinski definition) is 1. The van der Waals surface area contributed by atoms with Gasteiger partial charge in [0.25, 0.3) is 0 Å². The normalized spacial score (nSPS) is 12.1. The van der Waals surface area contributed by atoms with E-state index in [0.29, 0.717) is 17.5 Å². The van der Waals surface area contributed by atoms with Crippen LogP contribution in [0.3, 0.4) is 0 Å². The van der Waals surface area contributed by atoms with Gasteiger partial charge in [-0.25, -0.2) is 4.79 Å². The minimum atomic E-state index is -0.938. The molecule has 0 aromatic carbocycles. The van der Waals surface area contributed by atoms with Crippen LogP contribution in [-0.2, 0) is 6.54 Å². The van der Waals surface area contributed by atoms with Gasteiger partial charge in [0, 0.05) is 12.7 Å². The molecule has 0 fully saturated rings. The Morgan fingerprint density at radius 1 is 1.56 bits per heavy atom. The third kappa shape index (κ3) is 2.79. The van der Waals surface area contributed by atoms with Crippen LogP contribution in [0.1, 0.15) is 38.2 Å². The van der Waals surface area contributed by atoms with Crippen molar-refractivity contribution in [1.82, 2.24) is 4.57 Å². The molecule has 0 saturated carbocycles. The molecule has 0 aliphatic rings. The van der Waals surface area contributed by atoms with Crippen molar-refractivity contribution < 1.29 is 9.90 Å². The second kappa shape index (κ2) is 4.50. The maximum absolute atomic E-state index is 11.0. The van der Waals surface area contributed by atoms with Crippen LogP contribution in [0.2, 0.25) is 5.02 Å². The number of aromatic nitrogens is 1. The van der Waals surface area contributed by atoms with E-state index in [1.807, 2.05) is 0 Å². The second-order valence-corrected chi connectivity index (χ2v) is 5.56. The molecular weight excluding hydrogens is 226 g/mol. The Morgan fingerprint density at radius 2 is 2.12 bits per heavy atom. The van der Waals surface area contributed by atoms with Crippen LogP contribution < -0.4 is 0 Å². The summed E-state index contributed by atoms with van der Waals surface area (Å²) in [6, 6.07) is 1.49. The van der Waals surface area contributed by atoms with Crippen molar-refractivity contribution >= 4 is 17.6 Å². The van der Waals surface area contributed by atoms with Crippen LogP contribution in [0.25, 0.3) is 0 Å². The van der Waals surface area contributed by atoms with E-state index >= 15 is 0 Å². The minimum Gasteiger partial charge on any atom is -0.477 e. The molecule has 90 valence electrons. The first-order valence-electron chi connectivity index (χ1n) is 5.33. The molecule has 1 N–H and O–H groups in total. The van der Waals surface area contributed by atoms with Gasteiger partial charge in [-0.1, -0.05) is 39.3 Å². The van der Waals surface area contributed by atoms with Gasteiger partial charge in [-0.15, -0.1) is 0 Å². The fourth-order valence-corrected chi connectivity index (χ4v) is 1.63. The summed E-state index contributed by atoms with van der Waals surface area (Å²) in [5.41, 5.74) is 0.283. The molecule has 16 heavy (non-hydrogen) atoms. The number of halogens is 1. The molecule has 3 nitrogen and oxygen atoms in total. The van der Waals surface area contributed by atoms with E-state index in [1.165, 1.54) is 6.07 Å². The van der Waals surface area contributed by atoms with Crippen LogP contribution >= 0.6 is 11.6 Å². The summed E-state index contributed by atoms with van der Waals surface area (Å²) in [5.74, 6) is -0.471. The number of hydrogen-bond donors (Lipinski definition) is 1. The van der Waals surface area contributed by atoms with Crippen molar-refractivity contribution in [3.63, 3.8) is 0 Å². The Bertz CT molecular complexity index is 394. The highest BCUT2D eigenvalue weighted by molar-refractivity contribution is 6.30. The zero-order valence-corrected chi connectivity index (χ0v) is 10.9. The smallest absolute Gasteiger partial charge is 0.352 e. The predicted molar refractivity (Wildman–Crippen MR) is 65.0 cm³/mol. The molecule has 0 atom stereocenters. The molecular formula is C12H18ClNO2. The van der Waals surface area contributed by atoms with Gasteiger partial charge >= 0.3 is 5.97 Å². The summed E-state index contributed by atoms with van der Waals surface area (Å²) in [5, 5.41) is 9.50. The summed E-state index contributed by atoms with van der Waals surface area (Å²) in [7, 11) is 0. The first-order chi connectivity index (χ1) is 7.24. The van der Waals surface area contributed by atoms with Gasteiger partial charge in [0.05, 0.1) is 5.02 Å². The fourth-order valence-electron chi connectivity index (χ4n) is 1.41. The highest BCUT2D eigenvalue weighted by Gasteiger charge is 2.25. The van der Waals surface area contributed by atoms with Gasteiger partial charge < -0.3 is 9.67 Å². The second-order valence-electron chi connectivity index (χ2n) is 5.12. The Hall–Kier alpha value is -0.960. The molecule has 0 bridgehead atoms. The number of carboxylic acids is 1. The first-order valence-corrected chi connectivity index (χ1v) is 5.71. The number of carbonyl (C=O) groups is 1. The third-order valence-corrected chi connectivity index (χ3v) is 3.43. The molecule has 0 amide bonds. The summed E-state index contributed by atoms with van der Waals surface area (Å²) < 4.78 is 1.71. The van der Waals surface area contributed by atoms with Gasteiger partial charge in [-0.2, -0.15) is 0 Å². The van der Waals surface area contributed by atoms with Gasteiger partial charge in [0.1, 0.15) is 5.69 Å². The molecule has 1 heterocycles. The van der Waals surface area contributed by atoms with E-state index in [-0.39, 0.29) is 11.1 Å². The van der Waals surface area contributed by atoms with Crippen LogP contribution in [-0.4, -0.2) is 15.6 Å². The number of rotatable bonds is 4. The van der Waals surface area contributed by atoms with Crippen LogP contribution in [0.15, 0.2) is 12.3 Å². The Labute approximate surface area is 101 Å². The van der Waals surface area contributed by atoms with Crippen LogP contribution in [0, 0.1) is 11.3 Å². The summed E-state index contributed by atoms with van der Waals surface area (Å²) in [6.45, 7) is 9.16. The zero-order chi connectivity index (χ0) is 12.5. The van der Waals surface area contributed by atoms with E-state index in [9.17, 15) is 4.79 Å². The standard InChI is InChI=1S/C12H18ClNO2/c1-8(2)12(3,4)7-14-6-9(13)5-10(14)11(15)16/h5-6,8H,7H2,1-4H3,(H,15,16). The quantitative estimate of drug-likeness (QED) is 0.879. The monoisotopic (exact) mass is 243 g/mol. The Balaban J connectivity index is 3.01. The largest absolute Gasteiger partial charge is 0.477 e. The molecule has 0 unspecified atom stereocenters. The molecule has 0 spiro atoms. The number of carboxylic acid groups (broad SMARTS) is 1. The average Bonchev–Trinajstić information content (AvgIpc) is 2.45. The molecule has 0 saturated heterocycles. The van der Waals surface area contributed by atoms with E-state index in [4.69, 9.17) is 16.7 Å². The van der Waals surface area contributed by atoms with Crippen molar-refractivity contribution in [2.24, 2.45) is 11.3 Å². The topological polar surface area (TPSA) is 42.2 Å². The molecule has 1 rings (SSSR count). The lowest BCUT2D eigenvalue weighted by Crippen LogP contribution is -2.26. The van der Waals surface area contributed by atoms with Crippen molar-refractivity contribution in [1.29, 1.82) is 0 Å².